The van der Waals surface area contributed by atoms with E-state index < -0.39 is 40.8 Å². The average Bonchev–Trinajstić information content (AvgIpc) is 2.88. The third kappa shape index (κ3) is 6.44. The van der Waals surface area contributed by atoms with Crippen LogP contribution in [0.25, 0.3) is 0 Å². The van der Waals surface area contributed by atoms with Crippen LogP contribution in [0.2, 0.25) is 0 Å². The van der Waals surface area contributed by atoms with E-state index in [2.05, 4.69) is 10.3 Å². The van der Waals surface area contributed by atoms with E-state index in [0.29, 0.717) is 5.69 Å². The van der Waals surface area contributed by atoms with Crippen LogP contribution in [0.15, 0.2) is 42.5 Å². The van der Waals surface area contributed by atoms with Crippen LogP contribution in [0.3, 0.4) is 0 Å². The van der Waals surface area contributed by atoms with E-state index in [1.165, 1.54) is 35.2 Å². The van der Waals surface area contributed by atoms with Crippen LogP contribution in [0.4, 0.5) is 20.2 Å². The van der Waals surface area contributed by atoms with Gasteiger partial charge in [0.2, 0.25) is 11.6 Å². The molecule has 9 N–H and O–H groups in total. The van der Waals surface area contributed by atoms with Crippen molar-refractivity contribution in [3.8, 4) is 29.0 Å². The van der Waals surface area contributed by atoms with Crippen LogP contribution < -0.4 is 31.2 Å². The third-order valence-electron chi connectivity index (χ3n) is 5.85. The molecule has 0 amide bonds. The SMILES string of the molecule is N=C(N)Nc1cccc(Oc2nc(Oc3cc(C(=N)N)ccc3O)c(F)c(N3CCN(CC(=O)O)CC3)c2F)c1. The molecule has 1 saturated heterocycles. The summed E-state index contributed by atoms with van der Waals surface area (Å²) < 4.78 is 42.8. The molecule has 1 aromatic heterocycles. The number of nitrogens with two attached hydrogens (primary N) is 2. The zero-order valence-corrected chi connectivity index (χ0v) is 20.9. The zero-order valence-electron chi connectivity index (χ0n) is 20.9. The fourth-order valence-corrected chi connectivity index (χ4v) is 4.00. The molecular formula is C25H26F2N8O5. The van der Waals surface area contributed by atoms with Gasteiger partial charge >= 0.3 is 5.97 Å². The first-order valence-electron chi connectivity index (χ1n) is 11.8. The van der Waals surface area contributed by atoms with Gasteiger partial charge in [-0.3, -0.25) is 20.5 Å². The Hall–Kier alpha value is -5.18. The Bertz CT molecular complexity index is 1460. The second-order valence-electron chi connectivity index (χ2n) is 8.72. The molecule has 0 spiro atoms. The van der Waals surface area contributed by atoms with E-state index in [1.807, 2.05) is 0 Å². The van der Waals surface area contributed by atoms with Crippen molar-refractivity contribution >= 4 is 29.1 Å². The number of ether oxygens (including phenoxy) is 2. The number of hydrogen-bond acceptors (Lipinski definition) is 9. The van der Waals surface area contributed by atoms with Gasteiger partial charge < -0.3 is 41.4 Å². The highest BCUT2D eigenvalue weighted by molar-refractivity contribution is 5.95. The van der Waals surface area contributed by atoms with Gasteiger partial charge in [0.1, 0.15) is 17.3 Å². The highest BCUT2D eigenvalue weighted by Crippen LogP contribution is 2.40. The summed E-state index contributed by atoms with van der Waals surface area (Å²) in [7, 11) is 0. The standard InChI is InChI=1S/C25H26F2N8O5/c26-19-21(35-8-6-34(7-9-35)12-18(37)38)20(27)24(40-17-10-13(22(28)29)4-5-16(17)36)33-23(19)39-15-3-1-2-14(11-15)32-25(30)31/h1-5,10-11,36H,6-9,12H2,(H3,28,29)(H,37,38)(H4,30,31,32). The number of halogens is 2. The Morgan fingerprint density at radius 1 is 1.02 bits per heavy atom. The molecule has 0 saturated carbocycles. The summed E-state index contributed by atoms with van der Waals surface area (Å²) in [5.74, 6) is -6.01. The Labute approximate surface area is 226 Å². The van der Waals surface area contributed by atoms with Gasteiger partial charge in [-0.15, -0.1) is 0 Å². The number of aromatic nitrogens is 1. The fourth-order valence-electron chi connectivity index (χ4n) is 4.00. The molecule has 4 rings (SSSR count). The van der Waals surface area contributed by atoms with Crippen LogP contribution in [0.5, 0.6) is 29.0 Å². The minimum atomic E-state index is -1.18. The number of benzene rings is 2. The number of nitrogens with zero attached hydrogens (tertiary/aromatic N) is 3. The van der Waals surface area contributed by atoms with E-state index in [4.69, 9.17) is 36.9 Å². The second-order valence-corrected chi connectivity index (χ2v) is 8.72. The number of rotatable bonds is 9. The van der Waals surface area contributed by atoms with E-state index in [9.17, 15) is 9.90 Å². The van der Waals surface area contributed by atoms with E-state index in [0.717, 1.165) is 0 Å². The Morgan fingerprint density at radius 3 is 2.33 bits per heavy atom. The zero-order chi connectivity index (χ0) is 29.0. The van der Waals surface area contributed by atoms with Crippen molar-refractivity contribution in [2.75, 3.05) is 42.9 Å². The number of anilines is 2. The summed E-state index contributed by atoms with van der Waals surface area (Å²) >= 11 is 0. The number of guanidine groups is 1. The van der Waals surface area contributed by atoms with Gasteiger partial charge in [-0.1, -0.05) is 6.07 Å². The number of carboxylic acid groups (broad SMARTS) is 1. The number of aliphatic carboxylic acids is 1. The maximum absolute atomic E-state index is 15.8. The Morgan fingerprint density at radius 2 is 1.70 bits per heavy atom. The van der Waals surface area contributed by atoms with Crippen LogP contribution in [0.1, 0.15) is 5.56 Å². The maximum atomic E-state index is 15.8. The minimum Gasteiger partial charge on any atom is -0.504 e. The molecule has 13 nitrogen and oxygen atoms in total. The number of nitrogen functional groups attached to an aromatic ring is 1. The number of piperazine rings is 1. The van der Waals surface area contributed by atoms with E-state index in [1.54, 1.807) is 17.0 Å². The number of amidine groups is 1. The summed E-state index contributed by atoms with van der Waals surface area (Å²) in [5, 5.41) is 36.9. The molecule has 0 atom stereocenters. The predicted molar refractivity (Wildman–Crippen MR) is 142 cm³/mol. The van der Waals surface area contributed by atoms with Gasteiger partial charge in [0.05, 0.1) is 6.54 Å². The Kier molecular flexibility index (Phi) is 8.14. The first-order valence-corrected chi connectivity index (χ1v) is 11.8. The van der Waals surface area contributed by atoms with Crippen molar-refractivity contribution in [2.24, 2.45) is 11.5 Å². The highest BCUT2D eigenvalue weighted by Gasteiger charge is 2.30. The molecule has 0 aliphatic carbocycles. The second kappa shape index (κ2) is 11.7. The van der Waals surface area contributed by atoms with Crippen molar-refractivity contribution in [3.05, 3.63) is 59.7 Å². The van der Waals surface area contributed by atoms with E-state index >= 15 is 8.78 Å². The molecule has 3 aromatic rings. The molecule has 210 valence electrons. The molecule has 40 heavy (non-hydrogen) atoms. The monoisotopic (exact) mass is 556 g/mol. The first kappa shape index (κ1) is 27.8. The maximum Gasteiger partial charge on any atom is 0.317 e. The lowest BCUT2D eigenvalue weighted by atomic mass is 10.2. The number of aromatic hydroxyl groups is 1. The largest absolute Gasteiger partial charge is 0.504 e. The molecule has 0 unspecified atom stereocenters. The number of hydrogen-bond donors (Lipinski definition) is 7. The van der Waals surface area contributed by atoms with Crippen molar-refractivity contribution in [3.63, 3.8) is 0 Å². The van der Waals surface area contributed by atoms with Crippen LogP contribution in [0, 0.1) is 22.5 Å². The van der Waals surface area contributed by atoms with Crippen molar-refractivity contribution in [1.82, 2.24) is 9.88 Å². The van der Waals surface area contributed by atoms with Crippen molar-refractivity contribution < 1.29 is 33.3 Å². The molecular weight excluding hydrogens is 530 g/mol. The summed E-state index contributed by atoms with van der Waals surface area (Å²) in [6.07, 6.45) is 0. The quantitative estimate of drug-likeness (QED) is 0.150. The smallest absolute Gasteiger partial charge is 0.317 e. The number of phenolic OH excluding ortho intramolecular Hbond substituents is 1. The predicted octanol–water partition coefficient (Wildman–Crippen LogP) is 2.45. The van der Waals surface area contributed by atoms with Gasteiger partial charge in [-0.2, -0.15) is 13.8 Å². The van der Waals surface area contributed by atoms with E-state index in [-0.39, 0.29) is 61.6 Å². The number of carboxylic acids is 1. The molecule has 15 heteroatoms. The summed E-state index contributed by atoms with van der Waals surface area (Å²) in [4.78, 5) is 18.0. The lowest BCUT2D eigenvalue weighted by Crippen LogP contribution is -2.48. The minimum absolute atomic E-state index is 0.0776. The van der Waals surface area contributed by atoms with Crippen LogP contribution >= 0.6 is 0 Å². The van der Waals surface area contributed by atoms with Crippen LogP contribution in [-0.4, -0.2) is 70.6 Å². The van der Waals surface area contributed by atoms with Gasteiger partial charge in [0.15, 0.2) is 17.5 Å². The summed E-state index contributed by atoms with van der Waals surface area (Å²) in [6.45, 7) is 0.411. The molecule has 1 aliphatic heterocycles. The van der Waals surface area contributed by atoms with Crippen molar-refractivity contribution in [1.29, 1.82) is 10.8 Å². The number of pyridine rings is 1. The van der Waals surface area contributed by atoms with Crippen LogP contribution in [-0.2, 0) is 4.79 Å². The Balaban J connectivity index is 1.74. The molecule has 0 radical (unpaired) electrons. The van der Waals surface area contributed by atoms with Gasteiger partial charge in [0.25, 0.3) is 11.8 Å². The number of phenols is 1. The average molecular weight is 557 g/mol. The first-order chi connectivity index (χ1) is 19.0. The van der Waals surface area contributed by atoms with Crippen molar-refractivity contribution in [2.45, 2.75) is 0 Å². The highest BCUT2D eigenvalue weighted by atomic mass is 19.1. The topological polar surface area (TPSA) is 207 Å². The third-order valence-corrected chi connectivity index (χ3v) is 5.85. The van der Waals surface area contributed by atoms with Gasteiger partial charge in [-0.25, -0.2) is 0 Å². The number of carbonyl (C=O) groups is 1. The molecule has 2 aromatic carbocycles. The molecule has 2 heterocycles. The summed E-state index contributed by atoms with van der Waals surface area (Å²) in [5.41, 5.74) is 10.9. The molecule has 1 fully saturated rings. The lowest BCUT2D eigenvalue weighted by molar-refractivity contribution is -0.138. The molecule has 1 aliphatic rings. The van der Waals surface area contributed by atoms with Gasteiger partial charge in [0, 0.05) is 43.5 Å². The lowest BCUT2D eigenvalue weighted by Gasteiger charge is -2.35. The summed E-state index contributed by atoms with van der Waals surface area (Å²) in [6, 6.07) is 9.78. The van der Waals surface area contributed by atoms with Gasteiger partial charge in [-0.05, 0) is 30.3 Å². The fraction of sp³-hybridized carbons (Fsp3) is 0.200. The normalized spacial score (nSPS) is 13.5. The number of nitrogens with one attached hydrogen (secondary N) is 3. The molecule has 0 bridgehead atoms.